The maximum atomic E-state index is 12.3. The maximum absolute atomic E-state index is 12.3. The molecule has 0 heterocycles. The lowest BCUT2D eigenvalue weighted by molar-refractivity contribution is -0.133. The van der Waals surface area contributed by atoms with Crippen molar-refractivity contribution in [2.45, 2.75) is 44.0 Å². The fourth-order valence-electron chi connectivity index (χ4n) is 2.24. The van der Waals surface area contributed by atoms with E-state index in [0.717, 1.165) is 23.3 Å². The first-order valence-corrected chi connectivity index (χ1v) is 7.25. The summed E-state index contributed by atoms with van der Waals surface area (Å²) in [5.74, 6) is 0.0784. The lowest BCUT2D eigenvalue weighted by atomic mass is 10.1. The van der Waals surface area contributed by atoms with E-state index in [1.165, 1.54) is 0 Å². The fraction of sp³-hybridized carbons (Fsp3) is 0.533. The molecule has 0 aliphatic heterocycles. The molecule has 106 valence electrons. The van der Waals surface area contributed by atoms with Crippen LogP contribution in [0.5, 0.6) is 0 Å². The molecule has 0 bridgehead atoms. The van der Waals surface area contributed by atoms with E-state index in [9.17, 15) is 4.79 Å². The van der Waals surface area contributed by atoms with Crippen molar-refractivity contribution in [1.29, 1.82) is 0 Å². The van der Waals surface area contributed by atoms with Crippen LogP contribution in [0.1, 0.15) is 32.3 Å². The number of hydrogen-bond acceptors (Lipinski definition) is 3. The molecule has 0 atom stereocenters. The summed E-state index contributed by atoms with van der Waals surface area (Å²) in [5.41, 5.74) is 0.983. The van der Waals surface area contributed by atoms with Crippen molar-refractivity contribution < 1.29 is 9.90 Å². The Morgan fingerprint density at radius 2 is 1.84 bits per heavy atom. The molecule has 1 N–H and O–H groups in total. The van der Waals surface area contributed by atoms with Crippen molar-refractivity contribution in [3.05, 3.63) is 29.8 Å². The molecule has 19 heavy (non-hydrogen) atoms. The molecule has 3 nitrogen and oxygen atoms in total. The number of aliphatic hydroxyl groups excluding tert-OH is 1. The van der Waals surface area contributed by atoms with Crippen LogP contribution in [0.25, 0.3) is 0 Å². The van der Waals surface area contributed by atoms with Crippen molar-refractivity contribution in [3.63, 3.8) is 0 Å². The summed E-state index contributed by atoms with van der Waals surface area (Å²) < 4.78 is 0. The standard InChI is InChI=1S/C15H23NO2S/c1-3-13(4-2)16(9-10-17)15(18)11-12-5-7-14(19)8-6-12/h5-8,13,17,19H,3-4,9-11H2,1-2H3. The normalized spacial score (nSPS) is 10.8. The van der Waals surface area contributed by atoms with E-state index < -0.39 is 0 Å². The summed E-state index contributed by atoms with van der Waals surface area (Å²) in [6.45, 7) is 4.57. The van der Waals surface area contributed by atoms with Gasteiger partial charge in [0.15, 0.2) is 0 Å². The molecule has 0 saturated carbocycles. The Kier molecular flexibility index (Phi) is 6.95. The number of aliphatic hydroxyl groups is 1. The fourth-order valence-corrected chi connectivity index (χ4v) is 2.39. The second-order valence-corrected chi connectivity index (χ2v) is 5.14. The molecule has 0 fully saturated rings. The van der Waals surface area contributed by atoms with Crippen molar-refractivity contribution in [2.24, 2.45) is 0 Å². The molecule has 0 radical (unpaired) electrons. The number of hydrogen-bond donors (Lipinski definition) is 2. The molecule has 1 aromatic carbocycles. The minimum atomic E-state index is 0.0117. The Bertz CT molecular complexity index is 388. The van der Waals surface area contributed by atoms with E-state index in [0.29, 0.717) is 13.0 Å². The van der Waals surface area contributed by atoms with Crippen molar-refractivity contribution in [2.75, 3.05) is 13.2 Å². The molecule has 0 aliphatic rings. The number of carbonyl (C=O) groups excluding carboxylic acids is 1. The SMILES string of the molecule is CCC(CC)N(CCO)C(=O)Cc1ccc(S)cc1. The number of rotatable bonds is 7. The van der Waals surface area contributed by atoms with Crippen LogP contribution >= 0.6 is 12.6 Å². The van der Waals surface area contributed by atoms with Crippen LogP contribution < -0.4 is 0 Å². The van der Waals surface area contributed by atoms with E-state index in [4.69, 9.17) is 5.11 Å². The van der Waals surface area contributed by atoms with Gasteiger partial charge in [-0.05, 0) is 30.5 Å². The smallest absolute Gasteiger partial charge is 0.227 e. The molecule has 1 rings (SSSR count). The maximum Gasteiger partial charge on any atom is 0.227 e. The van der Waals surface area contributed by atoms with Crippen LogP contribution in [0.15, 0.2) is 29.2 Å². The minimum Gasteiger partial charge on any atom is -0.395 e. The lowest BCUT2D eigenvalue weighted by Gasteiger charge is -2.30. The Morgan fingerprint density at radius 3 is 2.32 bits per heavy atom. The number of nitrogens with zero attached hydrogens (tertiary/aromatic N) is 1. The van der Waals surface area contributed by atoms with Gasteiger partial charge in [-0.15, -0.1) is 12.6 Å². The Labute approximate surface area is 121 Å². The highest BCUT2D eigenvalue weighted by Gasteiger charge is 2.20. The van der Waals surface area contributed by atoms with E-state index in [2.05, 4.69) is 26.5 Å². The van der Waals surface area contributed by atoms with Crippen LogP contribution in [-0.2, 0) is 11.2 Å². The third-order valence-corrected chi connectivity index (χ3v) is 3.63. The molecule has 1 amide bonds. The van der Waals surface area contributed by atoms with Gasteiger partial charge in [0, 0.05) is 17.5 Å². The quantitative estimate of drug-likeness (QED) is 0.754. The Morgan fingerprint density at radius 1 is 1.26 bits per heavy atom. The van der Waals surface area contributed by atoms with Crippen LogP contribution in [-0.4, -0.2) is 35.1 Å². The highest BCUT2D eigenvalue weighted by molar-refractivity contribution is 7.80. The first kappa shape index (κ1) is 16.1. The van der Waals surface area contributed by atoms with Gasteiger partial charge in [-0.25, -0.2) is 0 Å². The van der Waals surface area contributed by atoms with Gasteiger partial charge in [0.05, 0.1) is 13.0 Å². The Balaban J connectivity index is 2.73. The number of benzene rings is 1. The molecule has 1 aromatic rings. The highest BCUT2D eigenvalue weighted by Crippen LogP contribution is 2.13. The van der Waals surface area contributed by atoms with Gasteiger partial charge in [-0.1, -0.05) is 26.0 Å². The van der Waals surface area contributed by atoms with Gasteiger partial charge < -0.3 is 10.0 Å². The molecule has 0 saturated heterocycles. The zero-order valence-electron chi connectivity index (χ0n) is 11.7. The van der Waals surface area contributed by atoms with Crippen LogP contribution in [0.4, 0.5) is 0 Å². The molecule has 0 spiro atoms. The largest absolute Gasteiger partial charge is 0.395 e. The summed E-state index contributed by atoms with van der Waals surface area (Å²) >= 11 is 4.23. The summed E-state index contributed by atoms with van der Waals surface area (Å²) in [5, 5.41) is 9.12. The van der Waals surface area contributed by atoms with Gasteiger partial charge in [0.2, 0.25) is 5.91 Å². The molecule has 0 aromatic heterocycles. The van der Waals surface area contributed by atoms with Gasteiger partial charge >= 0.3 is 0 Å². The van der Waals surface area contributed by atoms with E-state index in [1.54, 1.807) is 4.90 Å². The van der Waals surface area contributed by atoms with E-state index >= 15 is 0 Å². The van der Waals surface area contributed by atoms with Gasteiger partial charge in [0.1, 0.15) is 0 Å². The zero-order valence-corrected chi connectivity index (χ0v) is 12.6. The van der Waals surface area contributed by atoms with Crippen LogP contribution in [0.2, 0.25) is 0 Å². The summed E-state index contributed by atoms with van der Waals surface area (Å²) in [6.07, 6.45) is 2.21. The highest BCUT2D eigenvalue weighted by atomic mass is 32.1. The first-order chi connectivity index (χ1) is 9.12. The zero-order chi connectivity index (χ0) is 14.3. The lowest BCUT2D eigenvalue weighted by Crippen LogP contribution is -2.42. The van der Waals surface area contributed by atoms with Crippen LogP contribution in [0.3, 0.4) is 0 Å². The van der Waals surface area contributed by atoms with Crippen molar-refractivity contribution in [1.82, 2.24) is 4.90 Å². The van der Waals surface area contributed by atoms with Crippen molar-refractivity contribution in [3.8, 4) is 0 Å². The minimum absolute atomic E-state index is 0.0117. The summed E-state index contributed by atoms with van der Waals surface area (Å²) in [7, 11) is 0. The predicted molar refractivity (Wildman–Crippen MR) is 80.6 cm³/mol. The summed E-state index contributed by atoms with van der Waals surface area (Å²) in [4.78, 5) is 15.0. The first-order valence-electron chi connectivity index (χ1n) is 6.80. The van der Waals surface area contributed by atoms with Gasteiger partial charge in [0.25, 0.3) is 0 Å². The third kappa shape index (κ3) is 4.88. The second kappa shape index (κ2) is 8.23. The number of thiol groups is 1. The molecule has 0 unspecified atom stereocenters. The topological polar surface area (TPSA) is 40.5 Å². The average molecular weight is 281 g/mol. The van der Waals surface area contributed by atoms with Gasteiger partial charge in [-0.2, -0.15) is 0 Å². The number of carbonyl (C=O) groups is 1. The molecule has 4 heteroatoms. The van der Waals surface area contributed by atoms with Crippen LogP contribution in [0, 0.1) is 0 Å². The van der Waals surface area contributed by atoms with E-state index in [-0.39, 0.29) is 18.6 Å². The average Bonchev–Trinajstić information content (AvgIpc) is 2.41. The number of amides is 1. The molecular formula is C15H23NO2S. The molecule has 0 aliphatic carbocycles. The van der Waals surface area contributed by atoms with Gasteiger partial charge in [-0.3, -0.25) is 4.79 Å². The van der Waals surface area contributed by atoms with Crippen molar-refractivity contribution >= 4 is 18.5 Å². The van der Waals surface area contributed by atoms with E-state index in [1.807, 2.05) is 24.3 Å². The monoisotopic (exact) mass is 281 g/mol. The molecular weight excluding hydrogens is 258 g/mol. The Hall–Kier alpha value is -1.00. The third-order valence-electron chi connectivity index (χ3n) is 3.34. The second-order valence-electron chi connectivity index (χ2n) is 4.62. The predicted octanol–water partition coefficient (Wildman–Crippen LogP) is 2.53. The summed E-state index contributed by atoms with van der Waals surface area (Å²) in [6, 6.07) is 7.83.